The summed E-state index contributed by atoms with van der Waals surface area (Å²) in [6.07, 6.45) is 3.60. The third-order valence-electron chi connectivity index (χ3n) is 2.73. The molecule has 5 heteroatoms. The topological polar surface area (TPSA) is 53.7 Å². The molecule has 1 aromatic rings. The highest BCUT2D eigenvalue weighted by atomic mass is 32.2. The molecule has 1 aromatic heterocycles. The number of hydrogen-bond donors (Lipinski definition) is 1. The predicted molar refractivity (Wildman–Crippen MR) is 62.5 cm³/mol. The van der Waals surface area contributed by atoms with Gasteiger partial charge in [-0.3, -0.25) is 9.69 Å². The van der Waals surface area contributed by atoms with Crippen molar-refractivity contribution in [2.75, 3.05) is 18.1 Å². The lowest BCUT2D eigenvalue weighted by atomic mass is 10.1. The first-order chi connectivity index (χ1) is 7.75. The Morgan fingerprint density at radius 2 is 2.56 bits per heavy atom. The highest BCUT2D eigenvalue weighted by molar-refractivity contribution is 7.99. The smallest absolute Gasteiger partial charge is 0.304 e. The average molecular weight is 241 g/mol. The number of carboxylic acids is 1. The molecule has 2 rings (SSSR count). The fraction of sp³-hybridized carbons (Fsp3) is 0.545. The summed E-state index contributed by atoms with van der Waals surface area (Å²) in [6, 6.07) is 2.07. The molecular formula is C11H15NO3S. The second kappa shape index (κ2) is 5.41. The Hall–Kier alpha value is -0.940. The number of thioether (sulfide) groups is 1. The van der Waals surface area contributed by atoms with Crippen LogP contribution in [0.3, 0.4) is 0 Å². The number of rotatable bonds is 4. The van der Waals surface area contributed by atoms with Crippen LogP contribution in [0.15, 0.2) is 23.0 Å². The Morgan fingerprint density at radius 3 is 3.25 bits per heavy atom. The first kappa shape index (κ1) is 11.5. The fourth-order valence-electron chi connectivity index (χ4n) is 1.90. The van der Waals surface area contributed by atoms with Crippen molar-refractivity contribution in [3.05, 3.63) is 24.2 Å². The van der Waals surface area contributed by atoms with Gasteiger partial charge in [0.1, 0.15) is 0 Å². The lowest BCUT2D eigenvalue weighted by molar-refractivity contribution is -0.138. The van der Waals surface area contributed by atoms with Crippen molar-refractivity contribution in [2.45, 2.75) is 19.0 Å². The van der Waals surface area contributed by atoms with Crippen molar-refractivity contribution in [3.8, 4) is 0 Å². The van der Waals surface area contributed by atoms with Gasteiger partial charge >= 0.3 is 5.97 Å². The molecular weight excluding hydrogens is 226 g/mol. The summed E-state index contributed by atoms with van der Waals surface area (Å²) >= 11 is 1.83. The highest BCUT2D eigenvalue weighted by Gasteiger charge is 2.25. The Morgan fingerprint density at radius 1 is 1.69 bits per heavy atom. The second-order valence-electron chi connectivity index (χ2n) is 3.93. The number of nitrogens with zero attached hydrogens (tertiary/aromatic N) is 1. The molecule has 0 amide bonds. The lowest BCUT2D eigenvalue weighted by Crippen LogP contribution is -2.42. The molecule has 0 aromatic carbocycles. The van der Waals surface area contributed by atoms with Gasteiger partial charge in [0.15, 0.2) is 0 Å². The van der Waals surface area contributed by atoms with Gasteiger partial charge in [0, 0.05) is 36.2 Å². The van der Waals surface area contributed by atoms with Crippen LogP contribution < -0.4 is 0 Å². The van der Waals surface area contributed by atoms with Crippen LogP contribution in [-0.4, -0.2) is 40.1 Å². The Kier molecular flexibility index (Phi) is 3.90. The summed E-state index contributed by atoms with van der Waals surface area (Å²) in [5.41, 5.74) is 1.11. The summed E-state index contributed by atoms with van der Waals surface area (Å²) in [6.45, 7) is 1.74. The zero-order valence-electron chi connectivity index (χ0n) is 8.96. The van der Waals surface area contributed by atoms with E-state index in [1.165, 1.54) is 0 Å². The molecule has 1 fully saturated rings. The van der Waals surface area contributed by atoms with E-state index in [2.05, 4.69) is 4.90 Å². The Bertz CT molecular complexity index is 339. The molecule has 1 aliphatic rings. The molecule has 1 N–H and O–H groups in total. The zero-order valence-corrected chi connectivity index (χ0v) is 9.78. The Labute approximate surface area is 98.6 Å². The minimum atomic E-state index is -0.718. The van der Waals surface area contributed by atoms with Gasteiger partial charge in [-0.1, -0.05) is 0 Å². The first-order valence-corrected chi connectivity index (χ1v) is 6.46. The van der Waals surface area contributed by atoms with Gasteiger partial charge in [-0.2, -0.15) is 11.8 Å². The summed E-state index contributed by atoms with van der Waals surface area (Å²) < 4.78 is 5.02. The van der Waals surface area contributed by atoms with Crippen LogP contribution in [0.5, 0.6) is 0 Å². The van der Waals surface area contributed by atoms with Crippen LogP contribution in [0.25, 0.3) is 0 Å². The molecule has 4 nitrogen and oxygen atoms in total. The molecule has 0 radical (unpaired) electrons. The van der Waals surface area contributed by atoms with Crippen LogP contribution in [-0.2, 0) is 11.3 Å². The number of carbonyl (C=O) groups is 1. The third kappa shape index (κ3) is 3.02. The van der Waals surface area contributed by atoms with Gasteiger partial charge in [-0.25, -0.2) is 0 Å². The van der Waals surface area contributed by atoms with E-state index in [0.717, 1.165) is 30.2 Å². The van der Waals surface area contributed by atoms with Gasteiger partial charge in [0.2, 0.25) is 0 Å². The monoisotopic (exact) mass is 241 g/mol. The van der Waals surface area contributed by atoms with E-state index in [0.29, 0.717) is 0 Å². The summed E-state index contributed by atoms with van der Waals surface area (Å²) in [5, 5.41) is 8.86. The molecule has 2 heterocycles. The molecule has 1 unspecified atom stereocenters. The normalized spacial score (nSPS) is 22.1. The molecule has 1 saturated heterocycles. The van der Waals surface area contributed by atoms with E-state index in [9.17, 15) is 4.79 Å². The van der Waals surface area contributed by atoms with Crippen LogP contribution in [0, 0.1) is 0 Å². The minimum Gasteiger partial charge on any atom is -0.481 e. The van der Waals surface area contributed by atoms with Gasteiger partial charge in [0.25, 0.3) is 0 Å². The SMILES string of the molecule is O=C(O)CC1CSCCN1Cc1ccoc1. The van der Waals surface area contributed by atoms with E-state index in [4.69, 9.17) is 9.52 Å². The summed E-state index contributed by atoms with van der Waals surface area (Å²) in [4.78, 5) is 13.0. The standard InChI is InChI=1S/C11H15NO3S/c13-11(14)5-10-8-16-4-2-12(10)6-9-1-3-15-7-9/h1,3,7,10H,2,4-6,8H2,(H,13,14). The molecule has 16 heavy (non-hydrogen) atoms. The van der Waals surface area contributed by atoms with E-state index in [1.807, 2.05) is 17.8 Å². The maximum atomic E-state index is 10.8. The maximum absolute atomic E-state index is 10.8. The first-order valence-electron chi connectivity index (χ1n) is 5.30. The van der Waals surface area contributed by atoms with Crippen molar-refractivity contribution in [1.29, 1.82) is 0 Å². The zero-order chi connectivity index (χ0) is 11.4. The summed E-state index contributed by atoms with van der Waals surface area (Å²) in [7, 11) is 0. The number of hydrogen-bond acceptors (Lipinski definition) is 4. The lowest BCUT2D eigenvalue weighted by Gasteiger charge is -2.34. The van der Waals surface area contributed by atoms with E-state index in [1.54, 1.807) is 12.5 Å². The maximum Gasteiger partial charge on any atom is 0.304 e. The molecule has 1 aliphatic heterocycles. The van der Waals surface area contributed by atoms with Crippen LogP contribution in [0.4, 0.5) is 0 Å². The highest BCUT2D eigenvalue weighted by Crippen LogP contribution is 2.21. The molecule has 1 atom stereocenters. The van der Waals surface area contributed by atoms with Gasteiger partial charge in [0.05, 0.1) is 18.9 Å². The van der Waals surface area contributed by atoms with Crippen molar-refractivity contribution in [2.24, 2.45) is 0 Å². The largest absolute Gasteiger partial charge is 0.481 e. The van der Waals surface area contributed by atoms with Crippen LogP contribution in [0.1, 0.15) is 12.0 Å². The van der Waals surface area contributed by atoms with Crippen LogP contribution >= 0.6 is 11.8 Å². The van der Waals surface area contributed by atoms with Crippen molar-refractivity contribution >= 4 is 17.7 Å². The molecule has 0 aliphatic carbocycles. The predicted octanol–water partition coefficient (Wildman–Crippen LogP) is 1.67. The number of aliphatic carboxylic acids is 1. The quantitative estimate of drug-likeness (QED) is 0.869. The van der Waals surface area contributed by atoms with Crippen LogP contribution in [0.2, 0.25) is 0 Å². The third-order valence-corrected chi connectivity index (χ3v) is 3.82. The van der Waals surface area contributed by atoms with Gasteiger partial charge in [-0.15, -0.1) is 0 Å². The molecule has 0 spiro atoms. The summed E-state index contributed by atoms with van der Waals surface area (Å²) in [5.74, 6) is 1.27. The number of furan rings is 1. The minimum absolute atomic E-state index is 0.145. The van der Waals surface area contributed by atoms with E-state index < -0.39 is 5.97 Å². The van der Waals surface area contributed by atoms with Crippen molar-refractivity contribution < 1.29 is 14.3 Å². The number of carboxylic acid groups (broad SMARTS) is 1. The van der Waals surface area contributed by atoms with Gasteiger partial charge in [-0.05, 0) is 6.07 Å². The van der Waals surface area contributed by atoms with Crippen molar-refractivity contribution in [1.82, 2.24) is 4.90 Å². The second-order valence-corrected chi connectivity index (χ2v) is 5.08. The average Bonchev–Trinajstić information content (AvgIpc) is 2.73. The molecule has 0 bridgehead atoms. The van der Waals surface area contributed by atoms with E-state index >= 15 is 0 Å². The van der Waals surface area contributed by atoms with Crippen molar-refractivity contribution in [3.63, 3.8) is 0 Å². The fourth-order valence-corrected chi connectivity index (χ4v) is 3.04. The molecule has 0 saturated carbocycles. The Balaban J connectivity index is 1.96. The van der Waals surface area contributed by atoms with Gasteiger partial charge < -0.3 is 9.52 Å². The molecule has 88 valence electrons. The van der Waals surface area contributed by atoms with E-state index in [-0.39, 0.29) is 12.5 Å².